The van der Waals surface area contributed by atoms with Gasteiger partial charge in [0.1, 0.15) is 5.82 Å². The second-order valence-corrected chi connectivity index (χ2v) is 6.75. The number of fused-ring (bicyclic) bond motifs is 1. The largest absolute Gasteiger partial charge is 0.325 e. The van der Waals surface area contributed by atoms with Gasteiger partial charge in [-0.2, -0.15) is 0 Å². The van der Waals surface area contributed by atoms with Crippen LogP contribution in [0.25, 0.3) is 10.9 Å². The van der Waals surface area contributed by atoms with E-state index in [9.17, 15) is 9.59 Å². The maximum absolute atomic E-state index is 12.4. The Balaban J connectivity index is 1.69. The number of H-pyrrole nitrogens is 1. The zero-order valence-electron chi connectivity index (χ0n) is 15.3. The van der Waals surface area contributed by atoms with Gasteiger partial charge >= 0.3 is 0 Å². The van der Waals surface area contributed by atoms with Crippen molar-refractivity contribution in [1.82, 2.24) is 14.9 Å². The lowest BCUT2D eigenvalue weighted by Gasteiger charge is -2.19. The molecule has 0 aliphatic heterocycles. The van der Waals surface area contributed by atoms with Crippen LogP contribution >= 0.6 is 11.6 Å². The van der Waals surface area contributed by atoms with Crippen molar-refractivity contribution in [1.29, 1.82) is 0 Å². The molecule has 0 aliphatic carbocycles. The Labute approximate surface area is 162 Å². The van der Waals surface area contributed by atoms with Crippen LogP contribution in [0.2, 0.25) is 5.02 Å². The number of halogens is 1. The zero-order valence-corrected chi connectivity index (χ0v) is 16.0. The van der Waals surface area contributed by atoms with Crippen molar-refractivity contribution in [2.75, 3.05) is 18.4 Å². The quantitative estimate of drug-likeness (QED) is 0.683. The molecule has 0 saturated heterocycles. The second kappa shape index (κ2) is 8.33. The first kappa shape index (κ1) is 19.1. The minimum atomic E-state index is -0.176. The summed E-state index contributed by atoms with van der Waals surface area (Å²) in [7, 11) is 0. The topological polar surface area (TPSA) is 78.1 Å². The molecule has 27 heavy (non-hydrogen) atoms. The van der Waals surface area contributed by atoms with Gasteiger partial charge in [0.2, 0.25) is 5.91 Å². The molecule has 3 rings (SSSR count). The van der Waals surface area contributed by atoms with E-state index in [1.54, 1.807) is 24.3 Å². The average Bonchev–Trinajstić information content (AvgIpc) is 2.64. The number of aryl methyl sites for hydroxylation is 1. The summed E-state index contributed by atoms with van der Waals surface area (Å²) in [6.45, 7) is 5.05. The van der Waals surface area contributed by atoms with Crippen LogP contribution in [0.15, 0.2) is 47.3 Å². The van der Waals surface area contributed by atoms with Crippen LogP contribution in [0.4, 0.5) is 5.69 Å². The van der Waals surface area contributed by atoms with Crippen LogP contribution in [-0.4, -0.2) is 33.9 Å². The molecular weight excluding hydrogens is 364 g/mol. The number of aromatic amines is 1. The van der Waals surface area contributed by atoms with E-state index in [-0.39, 0.29) is 18.0 Å². The van der Waals surface area contributed by atoms with Gasteiger partial charge in [0.15, 0.2) is 0 Å². The number of nitrogens with zero attached hydrogens (tertiary/aromatic N) is 2. The lowest BCUT2D eigenvalue weighted by molar-refractivity contribution is -0.117. The summed E-state index contributed by atoms with van der Waals surface area (Å²) in [5, 5.41) is 4.01. The first-order valence-corrected chi connectivity index (χ1v) is 9.10. The number of aromatic nitrogens is 2. The van der Waals surface area contributed by atoms with E-state index in [2.05, 4.69) is 15.3 Å². The molecule has 0 fully saturated rings. The lowest BCUT2D eigenvalue weighted by atomic mass is 10.2. The third-order valence-corrected chi connectivity index (χ3v) is 4.71. The Bertz CT molecular complexity index is 1030. The van der Waals surface area contributed by atoms with Gasteiger partial charge in [-0.15, -0.1) is 0 Å². The van der Waals surface area contributed by atoms with Gasteiger partial charge in [0, 0.05) is 10.7 Å². The van der Waals surface area contributed by atoms with Crippen LogP contribution < -0.4 is 10.9 Å². The number of carbonyl (C=O) groups is 1. The number of rotatable bonds is 6. The highest BCUT2D eigenvalue weighted by Crippen LogP contribution is 2.20. The van der Waals surface area contributed by atoms with Crippen molar-refractivity contribution >= 4 is 34.1 Å². The SMILES string of the molecule is CCN(CC(=O)Nc1ccc(C)c(Cl)c1)Cc1nc2ccccc2c(=O)[nH]1. The molecule has 0 atom stereocenters. The highest BCUT2D eigenvalue weighted by atomic mass is 35.5. The number of anilines is 1. The van der Waals surface area contributed by atoms with E-state index in [0.717, 1.165) is 5.56 Å². The van der Waals surface area contributed by atoms with Gasteiger partial charge in [-0.1, -0.05) is 36.7 Å². The third-order valence-electron chi connectivity index (χ3n) is 4.31. The molecule has 0 radical (unpaired) electrons. The number of carbonyl (C=O) groups excluding carboxylic acids is 1. The summed E-state index contributed by atoms with van der Waals surface area (Å²) in [6.07, 6.45) is 0. The molecule has 0 saturated carbocycles. The number of hydrogen-bond acceptors (Lipinski definition) is 4. The Morgan fingerprint density at radius 3 is 2.78 bits per heavy atom. The van der Waals surface area contributed by atoms with Gasteiger partial charge < -0.3 is 10.3 Å². The molecule has 1 aromatic heterocycles. The van der Waals surface area contributed by atoms with Crippen LogP contribution in [0.3, 0.4) is 0 Å². The zero-order chi connectivity index (χ0) is 19.4. The van der Waals surface area contributed by atoms with E-state index < -0.39 is 0 Å². The maximum atomic E-state index is 12.4. The van der Waals surface area contributed by atoms with Crippen LogP contribution in [0, 0.1) is 6.92 Å². The summed E-state index contributed by atoms with van der Waals surface area (Å²) in [4.78, 5) is 33.7. The molecule has 140 valence electrons. The van der Waals surface area contributed by atoms with E-state index in [0.29, 0.717) is 40.5 Å². The predicted octanol–water partition coefficient (Wildman–Crippen LogP) is 3.35. The van der Waals surface area contributed by atoms with Crippen LogP contribution in [0.1, 0.15) is 18.3 Å². The molecule has 2 N–H and O–H groups in total. The number of nitrogens with one attached hydrogen (secondary N) is 2. The van der Waals surface area contributed by atoms with Gasteiger partial charge in [-0.05, 0) is 43.3 Å². The lowest BCUT2D eigenvalue weighted by Crippen LogP contribution is -2.33. The summed E-state index contributed by atoms with van der Waals surface area (Å²) in [5.41, 5.74) is 2.08. The molecule has 7 heteroatoms. The van der Waals surface area contributed by atoms with E-state index >= 15 is 0 Å². The molecule has 0 bridgehead atoms. The highest BCUT2D eigenvalue weighted by molar-refractivity contribution is 6.31. The van der Waals surface area contributed by atoms with Crippen molar-refractivity contribution in [3.05, 3.63) is 69.2 Å². The molecule has 0 unspecified atom stereocenters. The predicted molar refractivity (Wildman–Crippen MR) is 108 cm³/mol. The molecular formula is C20H21ClN4O2. The number of benzene rings is 2. The Morgan fingerprint density at radius 2 is 2.04 bits per heavy atom. The van der Waals surface area contributed by atoms with Gasteiger partial charge in [-0.25, -0.2) is 4.98 Å². The Hall–Kier alpha value is -2.70. The van der Waals surface area contributed by atoms with Crippen molar-refractivity contribution in [3.63, 3.8) is 0 Å². The molecule has 6 nitrogen and oxygen atoms in total. The van der Waals surface area contributed by atoms with Crippen molar-refractivity contribution in [3.8, 4) is 0 Å². The molecule has 1 heterocycles. The normalized spacial score (nSPS) is 11.1. The van der Waals surface area contributed by atoms with E-state index in [4.69, 9.17) is 11.6 Å². The fraction of sp³-hybridized carbons (Fsp3) is 0.250. The summed E-state index contributed by atoms with van der Waals surface area (Å²) >= 11 is 6.10. The number of amides is 1. The minimum absolute atomic E-state index is 0.153. The third kappa shape index (κ3) is 4.72. The number of likely N-dealkylation sites (N-methyl/N-ethyl adjacent to an activating group) is 1. The fourth-order valence-electron chi connectivity index (χ4n) is 2.78. The van der Waals surface area contributed by atoms with Crippen molar-refractivity contribution in [2.24, 2.45) is 0 Å². The Morgan fingerprint density at radius 1 is 1.26 bits per heavy atom. The van der Waals surface area contributed by atoms with Crippen LogP contribution in [-0.2, 0) is 11.3 Å². The van der Waals surface area contributed by atoms with E-state index in [1.807, 2.05) is 36.9 Å². The molecule has 0 spiro atoms. The van der Waals surface area contributed by atoms with Gasteiger partial charge in [0.25, 0.3) is 5.56 Å². The average molecular weight is 385 g/mol. The summed E-state index contributed by atoms with van der Waals surface area (Å²) in [5.74, 6) is 0.381. The standard InChI is InChI=1S/C20H21ClN4O2/c1-3-25(12-19(26)22-14-9-8-13(2)16(21)10-14)11-18-23-17-7-5-4-6-15(17)20(27)24-18/h4-10H,3,11-12H2,1-2H3,(H,22,26)(H,23,24,27). The van der Waals surface area contributed by atoms with Gasteiger partial charge in [0.05, 0.1) is 24.0 Å². The second-order valence-electron chi connectivity index (χ2n) is 6.35. The molecule has 2 aromatic carbocycles. The monoisotopic (exact) mass is 384 g/mol. The van der Waals surface area contributed by atoms with E-state index in [1.165, 1.54) is 0 Å². The smallest absolute Gasteiger partial charge is 0.258 e. The summed E-state index contributed by atoms with van der Waals surface area (Å²) in [6, 6.07) is 12.6. The molecule has 0 aliphatic rings. The van der Waals surface area contributed by atoms with Crippen molar-refractivity contribution < 1.29 is 4.79 Å². The maximum Gasteiger partial charge on any atom is 0.258 e. The highest BCUT2D eigenvalue weighted by Gasteiger charge is 2.13. The van der Waals surface area contributed by atoms with Gasteiger partial charge in [-0.3, -0.25) is 14.5 Å². The molecule has 3 aromatic rings. The number of hydrogen-bond donors (Lipinski definition) is 2. The van der Waals surface area contributed by atoms with Crippen molar-refractivity contribution in [2.45, 2.75) is 20.4 Å². The molecule has 1 amide bonds. The summed E-state index contributed by atoms with van der Waals surface area (Å²) < 4.78 is 0. The first-order valence-electron chi connectivity index (χ1n) is 8.72. The minimum Gasteiger partial charge on any atom is -0.325 e. The van der Waals surface area contributed by atoms with Crippen LogP contribution in [0.5, 0.6) is 0 Å². The number of para-hydroxylation sites is 1. The Kier molecular flexibility index (Phi) is 5.88. The first-order chi connectivity index (χ1) is 13.0. The fourth-order valence-corrected chi connectivity index (χ4v) is 2.96.